The first-order valence-corrected chi connectivity index (χ1v) is 10.4. The van der Waals surface area contributed by atoms with Gasteiger partial charge < -0.3 is 18.9 Å². The monoisotopic (exact) mass is 460 g/mol. The lowest BCUT2D eigenvalue weighted by atomic mass is 10.1. The number of carbonyl (C=O) groups excluding carboxylic acids is 3. The highest BCUT2D eigenvalue weighted by Crippen LogP contribution is 2.34. The summed E-state index contributed by atoms with van der Waals surface area (Å²) >= 11 is 0. The van der Waals surface area contributed by atoms with Crippen LogP contribution in [0.4, 0.5) is 0 Å². The minimum Gasteiger partial charge on any atom is -0.496 e. The molecule has 0 saturated heterocycles. The van der Waals surface area contributed by atoms with Gasteiger partial charge in [0.15, 0.2) is 17.3 Å². The van der Waals surface area contributed by atoms with Crippen molar-refractivity contribution >= 4 is 29.9 Å². The smallest absolute Gasteiger partial charge is 0.335 e. The Kier molecular flexibility index (Phi) is 7.82. The summed E-state index contributed by atoms with van der Waals surface area (Å²) in [5, 5.41) is 0. The minimum absolute atomic E-state index is 0.0645. The summed E-state index contributed by atoms with van der Waals surface area (Å²) in [6.07, 6.45) is 6.87. The lowest BCUT2D eigenvalue weighted by Crippen LogP contribution is -2.04. The summed E-state index contributed by atoms with van der Waals surface area (Å²) in [6.45, 7) is 6.75. The summed E-state index contributed by atoms with van der Waals surface area (Å²) in [4.78, 5) is 35.9. The second-order valence-electron chi connectivity index (χ2n) is 7.23. The van der Waals surface area contributed by atoms with Crippen LogP contribution < -0.4 is 18.9 Å². The molecule has 0 spiro atoms. The summed E-state index contributed by atoms with van der Waals surface area (Å²) in [7, 11) is 2.97. The first kappa shape index (κ1) is 24.3. The fraction of sp³-hybridized carbons (Fsp3) is 0.148. The molecule has 3 rings (SSSR count). The van der Waals surface area contributed by atoms with E-state index in [0.29, 0.717) is 46.8 Å². The Morgan fingerprint density at radius 3 is 2.09 bits per heavy atom. The number of benzene rings is 2. The Morgan fingerprint density at radius 1 is 0.794 bits per heavy atom. The van der Waals surface area contributed by atoms with Gasteiger partial charge in [0.2, 0.25) is 0 Å². The van der Waals surface area contributed by atoms with Gasteiger partial charge in [-0.05, 0) is 54.8 Å². The molecule has 0 aliphatic heterocycles. The van der Waals surface area contributed by atoms with Crippen LogP contribution >= 0.6 is 0 Å². The van der Waals surface area contributed by atoms with Gasteiger partial charge in [0, 0.05) is 34.9 Å². The molecule has 0 bridgehead atoms. The van der Waals surface area contributed by atoms with Crippen molar-refractivity contribution < 1.29 is 33.3 Å². The van der Waals surface area contributed by atoms with Crippen molar-refractivity contribution in [2.45, 2.75) is 12.8 Å². The maximum Gasteiger partial charge on any atom is 0.335 e. The van der Waals surface area contributed by atoms with Gasteiger partial charge in [-0.2, -0.15) is 0 Å². The number of hydrogen-bond donors (Lipinski definition) is 0. The predicted molar refractivity (Wildman–Crippen MR) is 128 cm³/mol. The molecule has 2 aromatic rings. The van der Waals surface area contributed by atoms with Crippen molar-refractivity contribution in [1.29, 1.82) is 0 Å². The molecule has 0 N–H and O–H groups in total. The Labute approximate surface area is 197 Å². The number of ether oxygens (including phenoxy) is 4. The quantitative estimate of drug-likeness (QED) is 0.320. The predicted octanol–water partition coefficient (Wildman–Crippen LogP) is 4.72. The van der Waals surface area contributed by atoms with E-state index in [2.05, 4.69) is 13.2 Å². The highest BCUT2D eigenvalue weighted by atomic mass is 16.6. The third-order valence-corrected chi connectivity index (χ3v) is 5.07. The zero-order chi connectivity index (χ0) is 24.7. The summed E-state index contributed by atoms with van der Waals surface area (Å²) in [5.74, 6) is 0.199. The Morgan fingerprint density at radius 2 is 1.44 bits per heavy atom. The zero-order valence-corrected chi connectivity index (χ0v) is 19.0. The molecule has 0 unspecified atom stereocenters. The molecule has 1 fully saturated rings. The Bertz CT molecular complexity index is 1220. The summed E-state index contributed by atoms with van der Waals surface area (Å²) in [6, 6.07) is 9.97. The lowest BCUT2D eigenvalue weighted by Gasteiger charge is -2.09. The van der Waals surface area contributed by atoms with Gasteiger partial charge in [-0.1, -0.05) is 19.2 Å². The van der Waals surface area contributed by atoms with Crippen molar-refractivity contribution in [3.63, 3.8) is 0 Å². The van der Waals surface area contributed by atoms with Gasteiger partial charge in [0.05, 0.1) is 14.2 Å². The number of carbonyl (C=O) groups is 3. The van der Waals surface area contributed by atoms with E-state index in [4.69, 9.17) is 18.9 Å². The van der Waals surface area contributed by atoms with Crippen LogP contribution in [0.25, 0.3) is 12.2 Å². The molecule has 1 aliphatic rings. The van der Waals surface area contributed by atoms with Crippen LogP contribution in [-0.4, -0.2) is 31.9 Å². The van der Waals surface area contributed by atoms with Gasteiger partial charge in [0.25, 0.3) is 0 Å². The molecule has 7 heteroatoms. The first-order chi connectivity index (χ1) is 16.4. The van der Waals surface area contributed by atoms with Crippen LogP contribution in [0.2, 0.25) is 0 Å². The van der Waals surface area contributed by atoms with Gasteiger partial charge in [0.1, 0.15) is 11.5 Å². The third kappa shape index (κ3) is 5.69. The van der Waals surface area contributed by atoms with Crippen molar-refractivity contribution in [2.75, 3.05) is 14.2 Å². The van der Waals surface area contributed by atoms with Crippen LogP contribution in [-0.2, 0) is 14.4 Å². The molecule has 0 heterocycles. The van der Waals surface area contributed by atoms with E-state index in [-0.39, 0.29) is 11.5 Å². The maximum absolute atomic E-state index is 13.0. The van der Waals surface area contributed by atoms with Crippen molar-refractivity contribution in [3.8, 4) is 23.0 Å². The fourth-order valence-corrected chi connectivity index (χ4v) is 3.41. The van der Waals surface area contributed by atoms with Crippen LogP contribution in [0.15, 0.2) is 72.9 Å². The van der Waals surface area contributed by atoms with Crippen LogP contribution in [0, 0.1) is 0 Å². The summed E-state index contributed by atoms with van der Waals surface area (Å²) in [5.41, 5.74) is 2.73. The van der Waals surface area contributed by atoms with E-state index >= 15 is 0 Å². The molecule has 2 aromatic carbocycles. The van der Waals surface area contributed by atoms with Crippen molar-refractivity contribution in [1.82, 2.24) is 0 Å². The number of rotatable bonds is 8. The molecular weight excluding hydrogens is 436 g/mol. The Hall–Kier alpha value is -4.39. The largest absolute Gasteiger partial charge is 0.496 e. The fourth-order valence-electron chi connectivity index (χ4n) is 3.41. The minimum atomic E-state index is -0.590. The highest BCUT2D eigenvalue weighted by Gasteiger charge is 2.24. The molecule has 174 valence electrons. The third-order valence-electron chi connectivity index (χ3n) is 5.07. The van der Waals surface area contributed by atoms with Gasteiger partial charge in [-0.3, -0.25) is 4.79 Å². The molecule has 0 radical (unpaired) electrons. The van der Waals surface area contributed by atoms with Crippen LogP contribution in [0.3, 0.4) is 0 Å². The van der Waals surface area contributed by atoms with Gasteiger partial charge in [-0.15, -0.1) is 0 Å². The number of methoxy groups -OCH3 is 2. The van der Waals surface area contributed by atoms with Crippen molar-refractivity contribution in [2.24, 2.45) is 0 Å². The number of ketones is 1. The van der Waals surface area contributed by atoms with E-state index in [1.54, 1.807) is 48.6 Å². The normalized spacial score (nSPS) is 15.2. The molecular formula is C27H24O7. The van der Waals surface area contributed by atoms with Gasteiger partial charge in [-0.25, -0.2) is 9.59 Å². The summed E-state index contributed by atoms with van der Waals surface area (Å²) < 4.78 is 21.0. The van der Waals surface area contributed by atoms with Crippen LogP contribution in [0.1, 0.15) is 24.0 Å². The SMILES string of the molecule is C=CC(=O)Oc1ccc(C=C2CC/C(=C\c3ccc(OC(=O)C=C)c(OC)c3)C2=O)c(OC)c1. The number of hydrogen-bond acceptors (Lipinski definition) is 7. The molecule has 1 aliphatic carbocycles. The molecule has 7 nitrogen and oxygen atoms in total. The number of esters is 2. The topological polar surface area (TPSA) is 88.1 Å². The molecule has 0 aromatic heterocycles. The van der Waals surface area contributed by atoms with E-state index in [1.807, 2.05) is 0 Å². The van der Waals surface area contributed by atoms with Gasteiger partial charge >= 0.3 is 11.9 Å². The molecule has 0 atom stereocenters. The van der Waals surface area contributed by atoms with Crippen molar-refractivity contribution in [3.05, 3.63) is 84.0 Å². The second kappa shape index (κ2) is 11.0. The molecule has 1 saturated carbocycles. The van der Waals surface area contributed by atoms with E-state index in [1.165, 1.54) is 14.2 Å². The first-order valence-electron chi connectivity index (χ1n) is 10.4. The van der Waals surface area contributed by atoms with Crippen LogP contribution in [0.5, 0.6) is 23.0 Å². The average molecular weight is 460 g/mol. The standard InChI is InChI=1S/C27H24O7/c1-5-25(28)33-21-11-10-18(23(16-21)31-3)15-20-9-8-19(27(20)30)13-17-7-12-22(24(14-17)32-4)34-26(29)6-2/h5-7,10-16H,1-2,8-9H2,3-4H3/b19-13+,20-15?. The second-order valence-corrected chi connectivity index (χ2v) is 7.23. The highest BCUT2D eigenvalue weighted by molar-refractivity contribution is 6.15. The lowest BCUT2D eigenvalue weighted by molar-refractivity contribution is -0.129. The Balaban J connectivity index is 1.83. The maximum atomic E-state index is 13.0. The molecule has 0 amide bonds. The van der Waals surface area contributed by atoms with E-state index in [0.717, 1.165) is 17.7 Å². The molecule has 34 heavy (non-hydrogen) atoms. The van der Waals surface area contributed by atoms with E-state index in [9.17, 15) is 14.4 Å². The average Bonchev–Trinajstić information content (AvgIpc) is 3.19. The van der Waals surface area contributed by atoms with E-state index < -0.39 is 11.9 Å². The number of Topliss-reactive ketones (excluding diaryl/α,β-unsaturated/α-hetero) is 1. The zero-order valence-electron chi connectivity index (χ0n) is 19.0. The number of allylic oxidation sites excluding steroid dienone is 2.